The highest BCUT2D eigenvalue weighted by atomic mass is 32.2. The second kappa shape index (κ2) is 10.3. The topological polar surface area (TPSA) is 112 Å². The number of hydrogen-bond acceptors (Lipinski definition) is 6. The van der Waals surface area contributed by atoms with E-state index in [9.17, 15) is 18.0 Å². The first kappa shape index (κ1) is 23.5. The van der Waals surface area contributed by atoms with Crippen molar-refractivity contribution in [2.45, 2.75) is 18.4 Å². The molecule has 2 amide bonds. The van der Waals surface area contributed by atoms with Crippen LogP contribution in [0.25, 0.3) is 0 Å². The van der Waals surface area contributed by atoms with Crippen molar-refractivity contribution in [2.24, 2.45) is 0 Å². The van der Waals surface area contributed by atoms with Gasteiger partial charge in [0.1, 0.15) is 5.82 Å². The molecule has 0 spiro atoms. The summed E-state index contributed by atoms with van der Waals surface area (Å²) < 4.78 is 26.0. The first-order valence-corrected chi connectivity index (χ1v) is 10.7. The highest BCUT2D eigenvalue weighted by Crippen LogP contribution is 2.18. The lowest BCUT2D eigenvalue weighted by atomic mass is 10.2. The van der Waals surface area contributed by atoms with Crippen molar-refractivity contribution < 1.29 is 18.0 Å². The van der Waals surface area contributed by atoms with Gasteiger partial charge < -0.3 is 10.6 Å². The first-order chi connectivity index (χ1) is 14.1. The molecule has 30 heavy (non-hydrogen) atoms. The van der Waals surface area contributed by atoms with Crippen LogP contribution in [0.15, 0.2) is 47.5 Å². The van der Waals surface area contributed by atoms with Crippen molar-refractivity contribution in [2.75, 3.05) is 39.5 Å². The van der Waals surface area contributed by atoms with Crippen LogP contribution < -0.4 is 10.6 Å². The van der Waals surface area contributed by atoms with Crippen LogP contribution in [-0.4, -0.2) is 68.7 Å². The molecule has 2 rings (SSSR count). The van der Waals surface area contributed by atoms with Crippen LogP contribution in [-0.2, 0) is 26.2 Å². The molecule has 1 heterocycles. The van der Waals surface area contributed by atoms with Gasteiger partial charge in [-0.25, -0.2) is 17.7 Å². The predicted octanol–water partition coefficient (Wildman–Crippen LogP) is 0.827. The second-order valence-corrected chi connectivity index (χ2v) is 9.23. The fraction of sp³-hybridized carbons (Fsp3) is 0.350. The Bertz CT molecular complexity index is 1010. The monoisotopic (exact) mass is 433 g/mol. The van der Waals surface area contributed by atoms with Crippen molar-refractivity contribution in [3.05, 3.63) is 53.7 Å². The Labute approximate surface area is 177 Å². The third kappa shape index (κ3) is 6.61. The van der Waals surface area contributed by atoms with Gasteiger partial charge >= 0.3 is 0 Å². The SMILES string of the molecule is Cc1ccnc(NC(=O)CN(C)CC(=O)NCc2ccccc2S(=O)(=O)N(C)C)c1. The number of sulfonamides is 1. The molecule has 10 heteroatoms. The zero-order chi connectivity index (χ0) is 22.3. The number of amides is 2. The van der Waals surface area contributed by atoms with E-state index in [1.54, 1.807) is 42.4 Å². The Hall–Kier alpha value is -2.82. The van der Waals surface area contributed by atoms with Gasteiger partial charge in [0, 0.05) is 26.8 Å². The molecule has 0 bridgehead atoms. The number of benzene rings is 1. The zero-order valence-corrected chi connectivity index (χ0v) is 18.4. The van der Waals surface area contributed by atoms with Crippen molar-refractivity contribution >= 4 is 27.7 Å². The van der Waals surface area contributed by atoms with E-state index in [0.717, 1.165) is 9.87 Å². The van der Waals surface area contributed by atoms with Gasteiger partial charge in [0.25, 0.3) is 0 Å². The number of nitrogens with zero attached hydrogens (tertiary/aromatic N) is 3. The van der Waals surface area contributed by atoms with E-state index >= 15 is 0 Å². The lowest BCUT2D eigenvalue weighted by Gasteiger charge is -2.17. The number of carbonyl (C=O) groups is 2. The maximum absolute atomic E-state index is 12.4. The third-order valence-electron chi connectivity index (χ3n) is 4.22. The maximum Gasteiger partial charge on any atom is 0.242 e. The van der Waals surface area contributed by atoms with Crippen LogP contribution >= 0.6 is 0 Å². The highest BCUT2D eigenvalue weighted by Gasteiger charge is 2.21. The second-order valence-electron chi connectivity index (χ2n) is 7.11. The summed E-state index contributed by atoms with van der Waals surface area (Å²) in [5.41, 5.74) is 1.47. The Balaban J connectivity index is 1.88. The van der Waals surface area contributed by atoms with Gasteiger partial charge in [0.15, 0.2) is 0 Å². The molecule has 0 saturated heterocycles. The number of carbonyl (C=O) groups excluding carboxylic acids is 2. The summed E-state index contributed by atoms with van der Waals surface area (Å²) in [5, 5.41) is 5.39. The first-order valence-electron chi connectivity index (χ1n) is 9.28. The van der Waals surface area contributed by atoms with Crippen molar-refractivity contribution in [1.29, 1.82) is 0 Å². The molecule has 0 radical (unpaired) electrons. The Morgan fingerprint density at radius 2 is 1.70 bits per heavy atom. The van der Waals surface area contributed by atoms with Gasteiger partial charge in [0.2, 0.25) is 21.8 Å². The molecule has 0 atom stereocenters. The minimum atomic E-state index is -3.61. The van der Waals surface area contributed by atoms with E-state index in [1.165, 1.54) is 20.2 Å². The van der Waals surface area contributed by atoms with E-state index in [1.807, 2.05) is 13.0 Å². The lowest BCUT2D eigenvalue weighted by molar-refractivity contribution is -0.123. The smallest absolute Gasteiger partial charge is 0.242 e. The molecule has 0 aliphatic carbocycles. The average molecular weight is 434 g/mol. The lowest BCUT2D eigenvalue weighted by Crippen LogP contribution is -2.39. The molecule has 1 aromatic carbocycles. The van der Waals surface area contributed by atoms with Crippen molar-refractivity contribution in [3.63, 3.8) is 0 Å². The molecule has 0 aliphatic heterocycles. The summed E-state index contributed by atoms with van der Waals surface area (Å²) >= 11 is 0. The molecule has 0 aliphatic rings. The van der Waals surface area contributed by atoms with Crippen LogP contribution in [0, 0.1) is 6.92 Å². The molecular weight excluding hydrogens is 406 g/mol. The number of aromatic nitrogens is 1. The largest absolute Gasteiger partial charge is 0.351 e. The minimum Gasteiger partial charge on any atom is -0.351 e. The molecule has 0 unspecified atom stereocenters. The molecule has 1 aromatic heterocycles. The van der Waals surface area contributed by atoms with Gasteiger partial charge in [-0.3, -0.25) is 14.5 Å². The van der Waals surface area contributed by atoms with Gasteiger partial charge in [-0.05, 0) is 43.3 Å². The number of anilines is 1. The van der Waals surface area contributed by atoms with Gasteiger partial charge in [-0.1, -0.05) is 18.2 Å². The van der Waals surface area contributed by atoms with Crippen LogP contribution in [0.3, 0.4) is 0 Å². The van der Waals surface area contributed by atoms with E-state index in [4.69, 9.17) is 0 Å². The Morgan fingerprint density at radius 3 is 2.37 bits per heavy atom. The van der Waals surface area contributed by atoms with E-state index in [0.29, 0.717) is 11.4 Å². The van der Waals surface area contributed by atoms with E-state index in [-0.39, 0.29) is 36.3 Å². The van der Waals surface area contributed by atoms with Crippen LogP contribution in [0.2, 0.25) is 0 Å². The van der Waals surface area contributed by atoms with Crippen LogP contribution in [0.1, 0.15) is 11.1 Å². The Morgan fingerprint density at radius 1 is 1.03 bits per heavy atom. The third-order valence-corrected chi connectivity index (χ3v) is 6.13. The summed E-state index contributed by atoms with van der Waals surface area (Å²) in [6.07, 6.45) is 1.61. The normalized spacial score (nSPS) is 11.5. The Kier molecular flexibility index (Phi) is 8.04. The van der Waals surface area contributed by atoms with Crippen LogP contribution in [0.5, 0.6) is 0 Å². The van der Waals surface area contributed by atoms with Gasteiger partial charge in [-0.15, -0.1) is 0 Å². The summed E-state index contributed by atoms with van der Waals surface area (Å²) in [7, 11) is 0.942. The molecule has 0 saturated carbocycles. The quantitative estimate of drug-likeness (QED) is 0.606. The fourth-order valence-electron chi connectivity index (χ4n) is 2.68. The average Bonchev–Trinajstić information content (AvgIpc) is 2.66. The highest BCUT2D eigenvalue weighted by molar-refractivity contribution is 7.89. The minimum absolute atomic E-state index is 0.00857. The maximum atomic E-state index is 12.4. The van der Waals surface area contributed by atoms with E-state index < -0.39 is 10.0 Å². The summed E-state index contributed by atoms with van der Waals surface area (Å²) in [4.78, 5) is 30.1. The van der Waals surface area contributed by atoms with Crippen molar-refractivity contribution in [1.82, 2.24) is 19.5 Å². The van der Waals surface area contributed by atoms with E-state index in [2.05, 4.69) is 15.6 Å². The summed E-state index contributed by atoms with van der Waals surface area (Å²) in [6, 6.07) is 10.1. The zero-order valence-electron chi connectivity index (χ0n) is 17.5. The van der Waals surface area contributed by atoms with Crippen LogP contribution in [0.4, 0.5) is 5.82 Å². The standard InChI is InChI=1S/C20H27N5O4S/c1-15-9-10-21-18(11-15)23-20(27)14-25(4)13-19(26)22-12-16-7-5-6-8-17(16)30(28,29)24(2)3/h5-11H,12-14H2,1-4H3,(H,22,26)(H,21,23,27). The molecule has 0 fully saturated rings. The molecular formula is C20H27N5O4S. The van der Waals surface area contributed by atoms with Gasteiger partial charge in [-0.2, -0.15) is 0 Å². The van der Waals surface area contributed by atoms with Gasteiger partial charge in [0.05, 0.1) is 18.0 Å². The summed E-state index contributed by atoms with van der Waals surface area (Å²) in [6.45, 7) is 1.96. The molecule has 2 N–H and O–H groups in total. The fourth-order valence-corrected chi connectivity index (χ4v) is 3.80. The number of rotatable bonds is 9. The molecule has 9 nitrogen and oxygen atoms in total. The number of pyridine rings is 1. The number of nitrogens with one attached hydrogen (secondary N) is 2. The number of aryl methyl sites for hydroxylation is 1. The predicted molar refractivity (Wildman–Crippen MR) is 114 cm³/mol. The number of likely N-dealkylation sites (N-methyl/N-ethyl adjacent to an activating group) is 1. The van der Waals surface area contributed by atoms with Crippen molar-refractivity contribution in [3.8, 4) is 0 Å². The number of hydrogen-bond donors (Lipinski definition) is 2. The summed E-state index contributed by atoms with van der Waals surface area (Å²) in [5.74, 6) is -0.154. The molecule has 162 valence electrons. The molecule has 2 aromatic rings.